The van der Waals surface area contributed by atoms with Crippen LogP contribution in [0.1, 0.15) is 64.3 Å². The topological polar surface area (TPSA) is 114 Å². The maximum absolute atomic E-state index is 13.9. The fraction of sp³-hybridized carbons (Fsp3) is 0.484. The fourth-order valence-corrected chi connectivity index (χ4v) is 4.31. The van der Waals surface area contributed by atoms with Gasteiger partial charge in [0.1, 0.15) is 29.3 Å². The third kappa shape index (κ3) is 11.1. The number of rotatable bonds is 10. The molecular formula is C31H43N3O6S. The van der Waals surface area contributed by atoms with Crippen molar-refractivity contribution >= 4 is 36.5 Å². The van der Waals surface area contributed by atoms with E-state index in [1.54, 1.807) is 59.7 Å². The van der Waals surface area contributed by atoms with Gasteiger partial charge in [0.05, 0.1) is 0 Å². The van der Waals surface area contributed by atoms with Crippen molar-refractivity contribution in [3.05, 3.63) is 71.3 Å². The Balaban J connectivity index is 2.41. The van der Waals surface area contributed by atoms with Gasteiger partial charge in [-0.2, -0.15) is 12.6 Å². The number of ether oxygens (including phenoxy) is 2. The first-order valence-electron chi connectivity index (χ1n) is 13.5. The summed E-state index contributed by atoms with van der Waals surface area (Å²) >= 11 is 4.26. The fourth-order valence-electron chi connectivity index (χ4n) is 4.07. The molecule has 0 bridgehead atoms. The zero-order valence-corrected chi connectivity index (χ0v) is 26.1. The Labute approximate surface area is 248 Å². The van der Waals surface area contributed by atoms with Crippen LogP contribution in [0.4, 0.5) is 4.79 Å². The van der Waals surface area contributed by atoms with E-state index >= 15 is 0 Å². The Kier molecular flexibility index (Phi) is 11.8. The summed E-state index contributed by atoms with van der Waals surface area (Å²) in [6.45, 7) is 12.3. The Bertz CT molecular complexity index is 1210. The minimum Gasteiger partial charge on any atom is -0.458 e. The largest absolute Gasteiger partial charge is 0.458 e. The first-order chi connectivity index (χ1) is 19.0. The second-order valence-electron chi connectivity index (χ2n) is 11.9. The number of amides is 3. The van der Waals surface area contributed by atoms with Crippen molar-refractivity contribution in [2.75, 3.05) is 12.8 Å². The van der Waals surface area contributed by atoms with E-state index in [-0.39, 0.29) is 12.2 Å². The molecule has 0 fully saturated rings. The smallest absolute Gasteiger partial charge is 0.408 e. The molecule has 0 heterocycles. The van der Waals surface area contributed by atoms with Crippen molar-refractivity contribution in [2.45, 2.75) is 84.2 Å². The number of aryl methyl sites for hydroxylation is 1. The molecule has 0 aliphatic carbocycles. The highest BCUT2D eigenvalue weighted by Gasteiger charge is 2.36. The van der Waals surface area contributed by atoms with Crippen LogP contribution in [0, 0.1) is 6.92 Å². The van der Waals surface area contributed by atoms with Crippen LogP contribution in [0.5, 0.6) is 0 Å². The molecule has 0 aromatic heterocycles. The van der Waals surface area contributed by atoms with Crippen LogP contribution < -0.4 is 10.6 Å². The number of nitrogens with one attached hydrogen (secondary N) is 2. The number of hydrogen-bond donors (Lipinski definition) is 3. The van der Waals surface area contributed by atoms with Gasteiger partial charge in [-0.1, -0.05) is 60.2 Å². The molecule has 0 aliphatic rings. The van der Waals surface area contributed by atoms with Crippen LogP contribution in [-0.2, 0) is 30.3 Å². The maximum Gasteiger partial charge on any atom is 0.408 e. The van der Waals surface area contributed by atoms with Crippen LogP contribution in [0.3, 0.4) is 0 Å². The van der Waals surface area contributed by atoms with E-state index in [0.29, 0.717) is 5.56 Å². The Morgan fingerprint density at radius 3 is 2.00 bits per heavy atom. The molecule has 3 amide bonds. The van der Waals surface area contributed by atoms with Gasteiger partial charge in [-0.15, -0.1) is 0 Å². The van der Waals surface area contributed by atoms with Gasteiger partial charge in [-0.05, 0) is 59.6 Å². The normalized spacial score (nSPS) is 13.8. The van der Waals surface area contributed by atoms with E-state index in [2.05, 4.69) is 23.3 Å². The van der Waals surface area contributed by atoms with E-state index in [0.717, 1.165) is 11.1 Å². The van der Waals surface area contributed by atoms with Crippen molar-refractivity contribution < 1.29 is 28.7 Å². The lowest BCUT2D eigenvalue weighted by atomic mass is 10.00. The summed E-state index contributed by atoms with van der Waals surface area (Å²) in [7, 11) is 1.47. The number of likely N-dealkylation sites (N-methyl/N-ethyl adjacent to an activating group) is 1. The zero-order chi connectivity index (χ0) is 31.0. The molecule has 3 unspecified atom stereocenters. The molecule has 2 aromatic rings. The molecule has 0 aliphatic heterocycles. The lowest BCUT2D eigenvalue weighted by molar-refractivity contribution is -0.159. The van der Waals surface area contributed by atoms with E-state index in [1.807, 2.05) is 43.3 Å². The quantitative estimate of drug-likeness (QED) is 0.282. The SMILES string of the molecule is Cc1cccc(C(C(=O)NC(Cc2ccccc2)C(=O)OC(C)(C)C)N(C)C(=O)C(CS)NC(=O)OC(C)(C)C)c1. The zero-order valence-electron chi connectivity index (χ0n) is 25.2. The van der Waals surface area contributed by atoms with Crippen LogP contribution in [0.2, 0.25) is 0 Å². The second-order valence-corrected chi connectivity index (χ2v) is 12.3. The maximum atomic E-state index is 13.9. The molecule has 0 spiro atoms. The van der Waals surface area contributed by atoms with E-state index in [4.69, 9.17) is 9.47 Å². The summed E-state index contributed by atoms with van der Waals surface area (Å²) < 4.78 is 10.9. The van der Waals surface area contributed by atoms with Crippen LogP contribution in [-0.4, -0.2) is 64.9 Å². The summed E-state index contributed by atoms with van der Waals surface area (Å²) in [6, 6.07) is 13.3. The van der Waals surface area contributed by atoms with Crippen molar-refractivity contribution in [3.63, 3.8) is 0 Å². The first kappa shape index (κ1) is 33.7. The van der Waals surface area contributed by atoms with E-state index < -0.39 is 53.2 Å². The predicted molar refractivity (Wildman–Crippen MR) is 162 cm³/mol. The number of esters is 1. The number of thiol groups is 1. The molecule has 41 heavy (non-hydrogen) atoms. The molecule has 2 rings (SSSR count). The van der Waals surface area contributed by atoms with Crippen LogP contribution >= 0.6 is 12.6 Å². The van der Waals surface area contributed by atoms with E-state index in [1.165, 1.54) is 11.9 Å². The lowest BCUT2D eigenvalue weighted by Gasteiger charge is -2.32. The molecule has 0 radical (unpaired) electrons. The summed E-state index contributed by atoms with van der Waals surface area (Å²) in [6.07, 6.45) is -0.582. The molecular weight excluding hydrogens is 542 g/mol. The van der Waals surface area contributed by atoms with Gasteiger partial charge in [-0.25, -0.2) is 9.59 Å². The monoisotopic (exact) mass is 585 g/mol. The number of carbonyl (C=O) groups is 4. The summed E-state index contributed by atoms with van der Waals surface area (Å²) in [4.78, 5) is 54.4. The van der Waals surface area contributed by atoms with Gasteiger partial charge in [0, 0.05) is 19.2 Å². The van der Waals surface area contributed by atoms with Crippen LogP contribution in [0.25, 0.3) is 0 Å². The molecule has 9 nitrogen and oxygen atoms in total. The average molecular weight is 586 g/mol. The highest BCUT2D eigenvalue weighted by molar-refractivity contribution is 7.80. The summed E-state index contributed by atoms with van der Waals surface area (Å²) in [5.74, 6) is -1.75. The van der Waals surface area contributed by atoms with Gasteiger partial charge in [0.25, 0.3) is 0 Å². The summed E-state index contributed by atoms with van der Waals surface area (Å²) in [5.41, 5.74) is 0.714. The number of hydrogen-bond acceptors (Lipinski definition) is 7. The lowest BCUT2D eigenvalue weighted by Crippen LogP contribution is -2.54. The van der Waals surface area contributed by atoms with Crippen molar-refractivity contribution in [1.29, 1.82) is 0 Å². The molecule has 2 N–H and O–H groups in total. The molecule has 224 valence electrons. The molecule has 0 saturated carbocycles. The van der Waals surface area contributed by atoms with Gasteiger partial charge in [0.2, 0.25) is 11.8 Å². The Morgan fingerprint density at radius 1 is 0.854 bits per heavy atom. The van der Waals surface area contributed by atoms with Gasteiger partial charge < -0.3 is 25.0 Å². The second kappa shape index (κ2) is 14.4. The minimum atomic E-state index is -1.12. The molecule has 0 saturated heterocycles. The number of nitrogens with zero attached hydrogens (tertiary/aromatic N) is 1. The first-order valence-corrected chi connectivity index (χ1v) is 14.1. The third-order valence-electron chi connectivity index (χ3n) is 5.80. The van der Waals surface area contributed by atoms with Crippen LogP contribution in [0.15, 0.2) is 54.6 Å². The van der Waals surface area contributed by atoms with Gasteiger partial charge >= 0.3 is 12.1 Å². The minimum absolute atomic E-state index is 0.0287. The van der Waals surface area contributed by atoms with Crippen molar-refractivity contribution in [3.8, 4) is 0 Å². The standard InChI is InChI=1S/C31H43N3O6S/c1-20-13-12-16-22(17-20)25(34(8)27(36)24(19-41)33-29(38)40-31(5,6)7)26(35)32-23(28(37)39-30(2,3)4)18-21-14-10-9-11-15-21/h9-17,23-25,41H,18-19H2,1-8H3,(H,32,35)(H,33,38). The number of alkyl carbamates (subject to hydrolysis) is 1. The molecule has 3 atom stereocenters. The average Bonchev–Trinajstić information content (AvgIpc) is 2.85. The highest BCUT2D eigenvalue weighted by atomic mass is 32.1. The molecule has 2 aromatic carbocycles. The molecule has 10 heteroatoms. The van der Waals surface area contributed by atoms with Crippen molar-refractivity contribution in [2.24, 2.45) is 0 Å². The number of benzene rings is 2. The highest BCUT2D eigenvalue weighted by Crippen LogP contribution is 2.23. The third-order valence-corrected chi connectivity index (χ3v) is 6.17. The Hall–Kier alpha value is -3.53. The van der Waals surface area contributed by atoms with Gasteiger partial charge in [-0.3, -0.25) is 9.59 Å². The Morgan fingerprint density at radius 2 is 1.46 bits per heavy atom. The summed E-state index contributed by atoms with van der Waals surface area (Å²) in [5, 5.41) is 5.38. The predicted octanol–water partition coefficient (Wildman–Crippen LogP) is 4.39. The van der Waals surface area contributed by atoms with E-state index in [9.17, 15) is 19.2 Å². The van der Waals surface area contributed by atoms with Crippen molar-refractivity contribution in [1.82, 2.24) is 15.5 Å². The van der Waals surface area contributed by atoms with Gasteiger partial charge in [0.15, 0.2) is 0 Å². The number of carbonyl (C=O) groups excluding carboxylic acids is 4.